The molecule has 18 heavy (non-hydrogen) atoms. The molecule has 3 atom stereocenters. The second-order valence-corrected chi connectivity index (χ2v) is 6.03. The van der Waals surface area contributed by atoms with E-state index in [1.165, 1.54) is 0 Å². The van der Waals surface area contributed by atoms with E-state index in [9.17, 15) is 9.59 Å². The van der Waals surface area contributed by atoms with Crippen molar-refractivity contribution in [3.63, 3.8) is 0 Å². The maximum atomic E-state index is 12.2. The summed E-state index contributed by atoms with van der Waals surface area (Å²) < 4.78 is 5.76. The first-order valence-corrected chi connectivity index (χ1v) is 6.08. The van der Waals surface area contributed by atoms with E-state index in [0.717, 1.165) is 0 Å². The normalized spacial score (nSPS) is 38.7. The van der Waals surface area contributed by atoms with Crippen molar-refractivity contribution in [3.05, 3.63) is 11.6 Å². The first-order valence-electron chi connectivity index (χ1n) is 6.08. The number of hydrogen-bond donors (Lipinski definition) is 0. The van der Waals surface area contributed by atoms with Crippen LogP contribution in [0, 0.1) is 22.2 Å². The zero-order valence-electron chi connectivity index (χ0n) is 11.1. The van der Waals surface area contributed by atoms with Crippen molar-refractivity contribution in [2.45, 2.75) is 46.3 Å². The number of carbonyl (C=O) groups excluding carboxylic acids is 2. The van der Waals surface area contributed by atoms with Crippen molar-refractivity contribution >= 4 is 11.6 Å². The Morgan fingerprint density at radius 1 is 1.39 bits per heavy atom. The monoisotopic (exact) mass is 247 g/mol. The second kappa shape index (κ2) is 3.76. The smallest absolute Gasteiger partial charge is 0.181 e. The topological polar surface area (TPSA) is 67.2 Å². The van der Waals surface area contributed by atoms with Crippen molar-refractivity contribution in [1.82, 2.24) is 0 Å². The van der Waals surface area contributed by atoms with Crippen LogP contribution in [0.5, 0.6) is 0 Å². The molecule has 0 aromatic carbocycles. The summed E-state index contributed by atoms with van der Waals surface area (Å²) in [5, 5.41) is 9.05. The molecule has 0 saturated carbocycles. The molecule has 0 unspecified atom stereocenters. The molecule has 2 rings (SSSR count). The van der Waals surface area contributed by atoms with Crippen LogP contribution in [-0.2, 0) is 14.3 Å². The zero-order valence-corrected chi connectivity index (χ0v) is 11.1. The van der Waals surface area contributed by atoms with Crippen LogP contribution in [0.3, 0.4) is 0 Å². The molecular weight excluding hydrogens is 230 g/mol. The molecule has 1 saturated heterocycles. The van der Waals surface area contributed by atoms with Gasteiger partial charge in [0.25, 0.3) is 0 Å². The van der Waals surface area contributed by atoms with Crippen LogP contribution in [0.1, 0.15) is 34.1 Å². The molecule has 2 aliphatic rings. The first kappa shape index (κ1) is 13.0. The van der Waals surface area contributed by atoms with Gasteiger partial charge in [-0.15, -0.1) is 0 Å². The van der Waals surface area contributed by atoms with Crippen molar-refractivity contribution in [2.75, 3.05) is 0 Å². The molecule has 1 aliphatic carbocycles. The average molecular weight is 247 g/mol. The number of rotatable bonds is 0. The summed E-state index contributed by atoms with van der Waals surface area (Å²) in [5.41, 5.74) is -1.19. The molecule has 4 heteroatoms. The number of ether oxygens (including phenoxy) is 1. The summed E-state index contributed by atoms with van der Waals surface area (Å²) in [5.74, 6) is -0.179. The first-order chi connectivity index (χ1) is 8.22. The number of allylic oxidation sites excluding steroid dienone is 1. The molecule has 1 heterocycles. The number of fused-ring (bicyclic) bond motifs is 1. The second-order valence-electron chi connectivity index (χ2n) is 6.03. The summed E-state index contributed by atoms with van der Waals surface area (Å²) in [6.07, 6.45) is 1.10. The fourth-order valence-corrected chi connectivity index (χ4v) is 3.11. The maximum absolute atomic E-state index is 12.2. The predicted octanol–water partition coefficient (Wildman–Crippen LogP) is 1.80. The largest absolute Gasteiger partial charge is 0.366 e. The van der Waals surface area contributed by atoms with E-state index in [4.69, 9.17) is 10.00 Å². The summed E-state index contributed by atoms with van der Waals surface area (Å²) in [7, 11) is 0. The third-order valence-corrected chi connectivity index (χ3v) is 4.03. The fourth-order valence-electron chi connectivity index (χ4n) is 3.11. The Kier molecular flexibility index (Phi) is 2.71. The number of nitrogens with zero attached hydrogens (tertiary/aromatic N) is 1. The highest BCUT2D eigenvalue weighted by Gasteiger charge is 2.56. The third-order valence-electron chi connectivity index (χ3n) is 4.03. The van der Waals surface area contributed by atoms with Gasteiger partial charge < -0.3 is 4.74 Å². The predicted molar refractivity (Wildman–Crippen MR) is 64.6 cm³/mol. The van der Waals surface area contributed by atoms with Gasteiger partial charge in [-0.1, -0.05) is 13.0 Å². The van der Waals surface area contributed by atoms with E-state index in [2.05, 4.69) is 0 Å². The van der Waals surface area contributed by atoms with E-state index in [1.807, 2.05) is 13.0 Å². The molecule has 0 N–H and O–H groups in total. The van der Waals surface area contributed by atoms with Gasteiger partial charge >= 0.3 is 0 Å². The van der Waals surface area contributed by atoms with E-state index in [0.29, 0.717) is 6.42 Å². The number of carbonyl (C=O) groups is 2. The highest BCUT2D eigenvalue weighted by Crippen LogP contribution is 2.49. The van der Waals surface area contributed by atoms with Crippen LogP contribution in [0.4, 0.5) is 0 Å². The summed E-state index contributed by atoms with van der Waals surface area (Å²) >= 11 is 0. The lowest BCUT2D eigenvalue weighted by Crippen LogP contribution is -2.57. The van der Waals surface area contributed by atoms with Crippen molar-refractivity contribution in [1.29, 1.82) is 5.26 Å². The minimum absolute atomic E-state index is 0.0208. The van der Waals surface area contributed by atoms with Crippen molar-refractivity contribution in [2.24, 2.45) is 10.8 Å². The highest BCUT2D eigenvalue weighted by atomic mass is 16.5. The number of Topliss-reactive ketones (excluding diaryl/α,β-unsaturated/α-hetero) is 2. The van der Waals surface area contributed by atoms with Gasteiger partial charge in [0.1, 0.15) is 12.2 Å². The van der Waals surface area contributed by atoms with Gasteiger partial charge in [-0.05, 0) is 20.8 Å². The minimum Gasteiger partial charge on any atom is -0.366 e. The lowest BCUT2D eigenvalue weighted by molar-refractivity contribution is -0.176. The zero-order chi connectivity index (χ0) is 13.7. The van der Waals surface area contributed by atoms with Gasteiger partial charge in [-0.2, -0.15) is 5.26 Å². The van der Waals surface area contributed by atoms with E-state index in [1.54, 1.807) is 26.8 Å². The lowest BCUT2D eigenvalue weighted by Gasteiger charge is -2.50. The summed E-state index contributed by atoms with van der Waals surface area (Å²) in [6, 6.07) is 1.94. The van der Waals surface area contributed by atoms with E-state index < -0.39 is 16.9 Å². The SMILES string of the molecule is C[C@@H]1O[C@H]2C(C)(C)C(=O)C(C#N)=C[C@]2(C)CC1=O. The molecule has 0 aromatic heterocycles. The number of nitriles is 1. The molecule has 1 aliphatic heterocycles. The molecule has 1 fully saturated rings. The minimum atomic E-state index is -0.774. The van der Waals surface area contributed by atoms with Crippen LogP contribution in [0.15, 0.2) is 11.6 Å². The molecule has 0 spiro atoms. The van der Waals surface area contributed by atoms with Gasteiger partial charge in [-0.25, -0.2) is 0 Å². The Hall–Kier alpha value is -1.47. The van der Waals surface area contributed by atoms with Crippen LogP contribution in [-0.4, -0.2) is 23.8 Å². The molecule has 0 bridgehead atoms. The van der Waals surface area contributed by atoms with Crippen LogP contribution < -0.4 is 0 Å². The van der Waals surface area contributed by atoms with Crippen LogP contribution >= 0.6 is 0 Å². The summed E-state index contributed by atoms with van der Waals surface area (Å²) in [4.78, 5) is 24.0. The van der Waals surface area contributed by atoms with E-state index >= 15 is 0 Å². The lowest BCUT2D eigenvalue weighted by atomic mass is 9.60. The Balaban J connectivity index is 2.56. The van der Waals surface area contributed by atoms with Crippen molar-refractivity contribution in [3.8, 4) is 6.07 Å². The maximum Gasteiger partial charge on any atom is 0.181 e. The number of ketones is 2. The van der Waals surface area contributed by atoms with Gasteiger partial charge in [0.05, 0.1) is 17.1 Å². The quantitative estimate of drug-likeness (QED) is 0.654. The molecule has 4 nitrogen and oxygen atoms in total. The third kappa shape index (κ3) is 1.62. The summed E-state index contributed by atoms with van der Waals surface area (Å²) in [6.45, 7) is 7.16. The standard InChI is InChI=1S/C14H17NO3/c1-8-10(16)6-14(4)5-9(7-15)11(17)13(2,3)12(14)18-8/h5,8,12H,6H2,1-4H3/t8-,12-,14+/m0/s1. The molecule has 0 amide bonds. The fraction of sp³-hybridized carbons (Fsp3) is 0.643. The molecule has 0 radical (unpaired) electrons. The molecular formula is C14H17NO3. The highest BCUT2D eigenvalue weighted by molar-refractivity contribution is 6.04. The molecule has 96 valence electrons. The van der Waals surface area contributed by atoms with Crippen LogP contribution in [0.2, 0.25) is 0 Å². The van der Waals surface area contributed by atoms with E-state index in [-0.39, 0.29) is 23.2 Å². The van der Waals surface area contributed by atoms with Gasteiger partial charge in [0.15, 0.2) is 11.6 Å². The van der Waals surface area contributed by atoms with Gasteiger partial charge in [0, 0.05) is 11.8 Å². The number of hydrogen-bond acceptors (Lipinski definition) is 4. The average Bonchev–Trinajstić information content (AvgIpc) is 2.28. The Morgan fingerprint density at radius 3 is 2.56 bits per heavy atom. The van der Waals surface area contributed by atoms with Gasteiger partial charge in [0.2, 0.25) is 0 Å². The van der Waals surface area contributed by atoms with Crippen molar-refractivity contribution < 1.29 is 14.3 Å². The Morgan fingerprint density at radius 2 is 2.00 bits per heavy atom. The Bertz CT molecular complexity index is 498. The van der Waals surface area contributed by atoms with Gasteiger partial charge in [-0.3, -0.25) is 9.59 Å². The van der Waals surface area contributed by atoms with Crippen LogP contribution in [0.25, 0.3) is 0 Å². The molecule has 0 aromatic rings. The Labute approximate surface area is 107 Å².